The van der Waals surface area contributed by atoms with E-state index in [-0.39, 0.29) is 11.8 Å². The van der Waals surface area contributed by atoms with E-state index in [9.17, 15) is 9.59 Å². The van der Waals surface area contributed by atoms with Gasteiger partial charge in [0, 0.05) is 18.8 Å². The molecule has 150 valence electrons. The van der Waals surface area contributed by atoms with Crippen molar-refractivity contribution in [2.75, 3.05) is 31.5 Å². The second-order valence-corrected chi connectivity index (χ2v) is 7.89. The van der Waals surface area contributed by atoms with Gasteiger partial charge in [0.15, 0.2) is 0 Å². The maximum atomic E-state index is 12.5. The lowest BCUT2D eigenvalue weighted by atomic mass is 10.2. The monoisotopic (exact) mass is 410 g/mol. The van der Waals surface area contributed by atoms with E-state index in [0.717, 1.165) is 25.3 Å². The van der Waals surface area contributed by atoms with E-state index in [2.05, 4.69) is 25.6 Å². The van der Waals surface area contributed by atoms with Crippen molar-refractivity contribution in [3.8, 4) is 5.69 Å². The molecule has 0 saturated carbocycles. The van der Waals surface area contributed by atoms with Gasteiger partial charge in [-0.15, -0.1) is 11.3 Å². The summed E-state index contributed by atoms with van der Waals surface area (Å²) in [5, 5.41) is 9.85. The van der Waals surface area contributed by atoms with E-state index in [4.69, 9.17) is 0 Å². The molecule has 0 aliphatic carbocycles. The van der Waals surface area contributed by atoms with Gasteiger partial charge in [0.05, 0.1) is 15.4 Å². The summed E-state index contributed by atoms with van der Waals surface area (Å²) < 4.78 is 1.64. The summed E-state index contributed by atoms with van der Waals surface area (Å²) in [6.45, 7) is 3.71. The van der Waals surface area contributed by atoms with Crippen molar-refractivity contribution < 1.29 is 9.59 Å². The maximum absolute atomic E-state index is 12.5. The second-order valence-electron chi connectivity index (χ2n) is 6.81. The Morgan fingerprint density at radius 1 is 1.00 bits per heavy atom. The van der Waals surface area contributed by atoms with Crippen molar-refractivity contribution in [2.24, 2.45) is 0 Å². The van der Waals surface area contributed by atoms with Gasteiger partial charge >= 0.3 is 0 Å². The van der Waals surface area contributed by atoms with Crippen LogP contribution >= 0.6 is 11.3 Å². The topological polar surface area (TPSA) is 92.2 Å². The zero-order chi connectivity index (χ0) is 20.1. The van der Waals surface area contributed by atoms with Crippen LogP contribution in [0.15, 0.2) is 49.1 Å². The molecule has 2 N–H and O–H groups in total. The van der Waals surface area contributed by atoms with Crippen LogP contribution in [0.5, 0.6) is 0 Å². The third-order valence-electron chi connectivity index (χ3n) is 4.77. The van der Waals surface area contributed by atoms with Crippen molar-refractivity contribution in [2.45, 2.75) is 12.8 Å². The quantitative estimate of drug-likeness (QED) is 0.624. The number of hydrogen-bond acceptors (Lipinski definition) is 6. The smallest absolute Gasteiger partial charge is 0.265 e. The van der Waals surface area contributed by atoms with Crippen LogP contribution < -0.4 is 10.6 Å². The van der Waals surface area contributed by atoms with Crippen molar-refractivity contribution in [1.82, 2.24) is 25.0 Å². The molecule has 0 bridgehead atoms. The molecule has 1 aliphatic heterocycles. The maximum Gasteiger partial charge on any atom is 0.265 e. The highest BCUT2D eigenvalue weighted by atomic mass is 32.1. The van der Waals surface area contributed by atoms with Crippen LogP contribution in [0.4, 0.5) is 5.69 Å². The van der Waals surface area contributed by atoms with Gasteiger partial charge in [0.1, 0.15) is 12.7 Å². The first-order valence-electron chi connectivity index (χ1n) is 9.56. The van der Waals surface area contributed by atoms with Gasteiger partial charge in [0.25, 0.3) is 11.8 Å². The molecule has 1 aromatic carbocycles. The Bertz CT molecular complexity index is 961. The molecular weight excluding hydrogens is 388 g/mol. The normalized spacial score (nSPS) is 14.1. The van der Waals surface area contributed by atoms with Crippen molar-refractivity contribution >= 4 is 28.8 Å². The van der Waals surface area contributed by atoms with Gasteiger partial charge in [-0.1, -0.05) is 0 Å². The molecule has 4 rings (SSSR count). The van der Waals surface area contributed by atoms with Gasteiger partial charge < -0.3 is 15.5 Å². The minimum absolute atomic E-state index is 0.134. The van der Waals surface area contributed by atoms with Gasteiger partial charge in [-0.3, -0.25) is 9.59 Å². The Balaban J connectivity index is 1.30. The Morgan fingerprint density at radius 2 is 1.72 bits per heavy atom. The van der Waals surface area contributed by atoms with Gasteiger partial charge in [-0.2, -0.15) is 5.10 Å². The van der Waals surface area contributed by atoms with Crippen molar-refractivity contribution in [3.05, 3.63) is 58.8 Å². The van der Waals surface area contributed by atoms with Crippen molar-refractivity contribution in [3.63, 3.8) is 0 Å². The predicted molar refractivity (Wildman–Crippen MR) is 112 cm³/mol. The molecule has 1 fully saturated rings. The molecule has 2 aromatic heterocycles. The fraction of sp³-hybridized carbons (Fsp3) is 0.300. The molecule has 0 spiro atoms. The van der Waals surface area contributed by atoms with Crippen LogP contribution in [0, 0.1) is 0 Å². The predicted octanol–water partition coefficient (Wildman–Crippen LogP) is 2.41. The Kier molecular flexibility index (Phi) is 5.97. The molecule has 9 heteroatoms. The van der Waals surface area contributed by atoms with Crippen LogP contribution in [-0.2, 0) is 0 Å². The van der Waals surface area contributed by atoms with Crippen LogP contribution in [0.3, 0.4) is 0 Å². The standard InChI is InChI=1S/C20H22N6O2S/c27-19(22-9-12-25-10-1-2-11-25)17-7-8-18(29-17)20(28)24-15-3-5-16(6-4-15)26-14-21-13-23-26/h3-8,13-14H,1-2,9-12H2,(H,22,27)(H,24,28). The van der Waals surface area contributed by atoms with E-state index in [1.54, 1.807) is 35.3 Å². The number of nitrogens with one attached hydrogen (secondary N) is 2. The summed E-state index contributed by atoms with van der Waals surface area (Å²) in [6.07, 6.45) is 5.55. The summed E-state index contributed by atoms with van der Waals surface area (Å²) in [7, 11) is 0. The number of benzene rings is 1. The van der Waals surface area contributed by atoms with Crippen LogP contribution in [0.25, 0.3) is 5.69 Å². The number of carbonyl (C=O) groups is 2. The SMILES string of the molecule is O=C(NCCN1CCCC1)c1ccc(C(=O)Nc2ccc(-n3cncn3)cc2)s1. The average molecular weight is 411 g/mol. The highest BCUT2D eigenvalue weighted by molar-refractivity contribution is 7.16. The first kappa shape index (κ1) is 19.3. The van der Waals surface area contributed by atoms with Crippen molar-refractivity contribution in [1.29, 1.82) is 0 Å². The average Bonchev–Trinajstić information content (AvgIpc) is 3.50. The number of hydrogen-bond donors (Lipinski definition) is 2. The Hall–Kier alpha value is -3.04. The molecule has 3 heterocycles. The molecule has 1 saturated heterocycles. The molecule has 2 amide bonds. The molecule has 8 nitrogen and oxygen atoms in total. The third kappa shape index (κ3) is 4.87. The minimum atomic E-state index is -0.236. The zero-order valence-corrected chi connectivity index (χ0v) is 16.7. The van der Waals surface area contributed by atoms with Gasteiger partial charge in [-0.05, 0) is 62.3 Å². The summed E-state index contributed by atoms with van der Waals surface area (Å²) in [6, 6.07) is 10.7. The molecule has 1 aliphatic rings. The number of thiophene rings is 1. The Morgan fingerprint density at radius 3 is 2.41 bits per heavy atom. The molecule has 3 aromatic rings. The highest BCUT2D eigenvalue weighted by Gasteiger charge is 2.15. The molecule has 0 unspecified atom stereocenters. The summed E-state index contributed by atoms with van der Waals surface area (Å²) in [4.78, 5) is 32.1. The van der Waals surface area contributed by atoms with E-state index in [1.165, 1.54) is 30.5 Å². The fourth-order valence-electron chi connectivity index (χ4n) is 3.23. The fourth-order valence-corrected chi connectivity index (χ4v) is 4.05. The van der Waals surface area contributed by atoms with E-state index >= 15 is 0 Å². The summed E-state index contributed by atoms with van der Waals surface area (Å²) >= 11 is 1.19. The molecule has 0 atom stereocenters. The number of carbonyl (C=O) groups excluding carboxylic acids is 2. The van der Waals surface area contributed by atoms with Gasteiger partial charge in [-0.25, -0.2) is 9.67 Å². The minimum Gasteiger partial charge on any atom is -0.350 e. The third-order valence-corrected chi connectivity index (χ3v) is 5.86. The van der Waals surface area contributed by atoms with Crippen LogP contribution in [-0.4, -0.2) is 57.7 Å². The number of rotatable bonds is 7. The van der Waals surface area contributed by atoms with E-state index in [1.807, 2.05) is 12.1 Å². The number of nitrogens with zero attached hydrogens (tertiary/aromatic N) is 4. The summed E-state index contributed by atoms with van der Waals surface area (Å²) in [5.41, 5.74) is 1.52. The summed E-state index contributed by atoms with van der Waals surface area (Å²) in [5.74, 6) is -0.370. The number of aromatic nitrogens is 3. The lowest BCUT2D eigenvalue weighted by Crippen LogP contribution is -2.33. The molecular formula is C20H22N6O2S. The largest absolute Gasteiger partial charge is 0.350 e. The first-order valence-corrected chi connectivity index (χ1v) is 10.4. The lowest BCUT2D eigenvalue weighted by molar-refractivity contribution is 0.0953. The lowest BCUT2D eigenvalue weighted by Gasteiger charge is -2.14. The molecule has 29 heavy (non-hydrogen) atoms. The highest BCUT2D eigenvalue weighted by Crippen LogP contribution is 2.19. The van der Waals surface area contributed by atoms with Gasteiger partial charge in [0.2, 0.25) is 0 Å². The second kappa shape index (κ2) is 8.97. The van der Waals surface area contributed by atoms with E-state index in [0.29, 0.717) is 22.0 Å². The molecule has 0 radical (unpaired) electrons. The number of likely N-dealkylation sites (tertiary alicyclic amines) is 1. The zero-order valence-electron chi connectivity index (χ0n) is 15.9. The number of anilines is 1. The van der Waals surface area contributed by atoms with Crippen LogP contribution in [0.2, 0.25) is 0 Å². The van der Waals surface area contributed by atoms with E-state index < -0.39 is 0 Å². The first-order chi connectivity index (χ1) is 14.2. The van der Waals surface area contributed by atoms with Crippen LogP contribution in [0.1, 0.15) is 32.2 Å². The number of amides is 2. The Labute approximate surface area is 172 Å².